The van der Waals surface area contributed by atoms with Gasteiger partial charge in [-0.1, -0.05) is 25.1 Å². The van der Waals surface area contributed by atoms with Crippen molar-refractivity contribution < 1.29 is 4.79 Å². The van der Waals surface area contributed by atoms with Gasteiger partial charge in [0.2, 0.25) is 0 Å². The van der Waals surface area contributed by atoms with Crippen LogP contribution in [0.4, 0.5) is 0 Å². The Labute approximate surface area is 109 Å². The first-order chi connectivity index (χ1) is 8.72. The molecule has 0 aromatic heterocycles. The summed E-state index contributed by atoms with van der Waals surface area (Å²) >= 11 is 0. The highest BCUT2D eigenvalue weighted by molar-refractivity contribution is 5.95. The normalized spacial score (nSPS) is 23.7. The second kappa shape index (κ2) is 6.01. The van der Waals surface area contributed by atoms with Crippen molar-refractivity contribution >= 4 is 5.91 Å². The molecule has 0 saturated carbocycles. The minimum Gasteiger partial charge on any atom is -0.348 e. The van der Waals surface area contributed by atoms with Gasteiger partial charge >= 0.3 is 0 Å². The molecular weight excluding hydrogens is 224 g/mol. The average molecular weight is 246 g/mol. The summed E-state index contributed by atoms with van der Waals surface area (Å²) in [5, 5.41) is 6.56. The third kappa shape index (κ3) is 2.91. The highest BCUT2D eigenvalue weighted by atomic mass is 16.1. The maximum absolute atomic E-state index is 12.3. The predicted molar refractivity (Wildman–Crippen MR) is 73.8 cm³/mol. The van der Waals surface area contributed by atoms with Gasteiger partial charge in [0.05, 0.1) is 0 Å². The van der Waals surface area contributed by atoms with E-state index in [1.54, 1.807) is 0 Å². The minimum absolute atomic E-state index is 0.0630. The molecule has 3 heteroatoms. The van der Waals surface area contributed by atoms with Gasteiger partial charge in [0.25, 0.3) is 5.91 Å². The Kier molecular flexibility index (Phi) is 4.37. The third-order valence-corrected chi connectivity index (χ3v) is 3.72. The number of piperidine rings is 1. The Morgan fingerprint density at radius 1 is 1.44 bits per heavy atom. The van der Waals surface area contributed by atoms with Gasteiger partial charge in [0.15, 0.2) is 0 Å². The summed E-state index contributed by atoms with van der Waals surface area (Å²) < 4.78 is 0. The van der Waals surface area contributed by atoms with E-state index in [0.717, 1.165) is 36.9 Å². The van der Waals surface area contributed by atoms with Crippen molar-refractivity contribution in [2.45, 2.75) is 45.2 Å². The molecular formula is C15H22N2O. The van der Waals surface area contributed by atoms with E-state index in [2.05, 4.69) is 24.5 Å². The number of carbonyl (C=O) groups excluding carboxylic acids is 1. The van der Waals surface area contributed by atoms with Crippen LogP contribution in [0.15, 0.2) is 24.3 Å². The summed E-state index contributed by atoms with van der Waals surface area (Å²) in [6.45, 7) is 5.27. The maximum Gasteiger partial charge on any atom is 0.251 e. The molecule has 2 rings (SSSR count). The van der Waals surface area contributed by atoms with Gasteiger partial charge in [-0.25, -0.2) is 0 Å². The SMILES string of the molecule is CCc1ccccc1C(=O)NC1CCCNC1C. The molecule has 2 N–H and O–H groups in total. The number of amides is 1. The topological polar surface area (TPSA) is 41.1 Å². The molecule has 0 radical (unpaired) electrons. The first-order valence-corrected chi connectivity index (χ1v) is 6.84. The lowest BCUT2D eigenvalue weighted by Gasteiger charge is -2.30. The van der Waals surface area contributed by atoms with Crippen molar-refractivity contribution in [3.63, 3.8) is 0 Å². The van der Waals surface area contributed by atoms with Crippen LogP contribution in [0.5, 0.6) is 0 Å². The molecule has 98 valence electrons. The molecule has 1 fully saturated rings. The van der Waals surface area contributed by atoms with Crippen LogP contribution in [0.1, 0.15) is 42.6 Å². The van der Waals surface area contributed by atoms with E-state index < -0.39 is 0 Å². The van der Waals surface area contributed by atoms with E-state index in [1.165, 1.54) is 0 Å². The number of hydrogen-bond donors (Lipinski definition) is 2. The zero-order valence-corrected chi connectivity index (χ0v) is 11.2. The highest BCUT2D eigenvalue weighted by Gasteiger charge is 2.23. The zero-order valence-electron chi connectivity index (χ0n) is 11.2. The number of carbonyl (C=O) groups is 1. The maximum atomic E-state index is 12.3. The molecule has 0 aliphatic carbocycles. The van der Waals surface area contributed by atoms with E-state index in [4.69, 9.17) is 0 Å². The summed E-state index contributed by atoms with van der Waals surface area (Å²) in [4.78, 5) is 12.3. The van der Waals surface area contributed by atoms with Crippen molar-refractivity contribution in [3.05, 3.63) is 35.4 Å². The van der Waals surface area contributed by atoms with Gasteiger partial charge in [-0.2, -0.15) is 0 Å². The molecule has 1 aliphatic rings. The lowest BCUT2D eigenvalue weighted by molar-refractivity contribution is 0.0919. The van der Waals surface area contributed by atoms with Gasteiger partial charge in [-0.05, 0) is 44.4 Å². The fourth-order valence-corrected chi connectivity index (χ4v) is 2.54. The molecule has 2 atom stereocenters. The van der Waals surface area contributed by atoms with E-state index in [9.17, 15) is 4.79 Å². The molecule has 0 spiro atoms. The van der Waals surface area contributed by atoms with Crippen molar-refractivity contribution in [2.24, 2.45) is 0 Å². The summed E-state index contributed by atoms with van der Waals surface area (Å²) in [7, 11) is 0. The average Bonchev–Trinajstić information content (AvgIpc) is 2.41. The number of rotatable bonds is 3. The van der Waals surface area contributed by atoms with E-state index in [0.29, 0.717) is 6.04 Å². The quantitative estimate of drug-likeness (QED) is 0.857. The fraction of sp³-hybridized carbons (Fsp3) is 0.533. The number of hydrogen-bond acceptors (Lipinski definition) is 2. The lowest BCUT2D eigenvalue weighted by Crippen LogP contribution is -2.52. The number of benzene rings is 1. The van der Waals surface area contributed by atoms with Crippen LogP contribution in [-0.2, 0) is 6.42 Å². The zero-order chi connectivity index (χ0) is 13.0. The summed E-state index contributed by atoms with van der Waals surface area (Å²) in [5.41, 5.74) is 1.93. The predicted octanol–water partition coefficient (Wildman–Crippen LogP) is 2.12. The van der Waals surface area contributed by atoms with E-state index in [1.807, 2.05) is 24.3 Å². The van der Waals surface area contributed by atoms with Crippen LogP contribution in [0.25, 0.3) is 0 Å². The second-order valence-corrected chi connectivity index (χ2v) is 4.98. The lowest BCUT2D eigenvalue weighted by atomic mass is 9.98. The number of nitrogens with one attached hydrogen (secondary N) is 2. The highest BCUT2D eigenvalue weighted by Crippen LogP contribution is 2.12. The molecule has 1 saturated heterocycles. The Bertz CT molecular complexity index is 417. The van der Waals surface area contributed by atoms with E-state index in [-0.39, 0.29) is 11.9 Å². The van der Waals surface area contributed by atoms with Crippen LogP contribution in [0.3, 0.4) is 0 Å². The second-order valence-electron chi connectivity index (χ2n) is 4.98. The minimum atomic E-state index is 0.0630. The molecule has 1 aromatic rings. The fourth-order valence-electron chi connectivity index (χ4n) is 2.54. The van der Waals surface area contributed by atoms with Crippen molar-refractivity contribution in [3.8, 4) is 0 Å². The molecule has 1 aliphatic heterocycles. The van der Waals surface area contributed by atoms with Crippen molar-refractivity contribution in [2.75, 3.05) is 6.54 Å². The van der Waals surface area contributed by atoms with Crippen LogP contribution in [0, 0.1) is 0 Å². The molecule has 18 heavy (non-hydrogen) atoms. The smallest absolute Gasteiger partial charge is 0.251 e. The van der Waals surface area contributed by atoms with Gasteiger partial charge in [0, 0.05) is 17.6 Å². The van der Waals surface area contributed by atoms with Crippen molar-refractivity contribution in [1.82, 2.24) is 10.6 Å². The monoisotopic (exact) mass is 246 g/mol. The Hall–Kier alpha value is -1.35. The third-order valence-electron chi connectivity index (χ3n) is 3.72. The standard InChI is InChI=1S/C15H22N2O/c1-3-12-7-4-5-8-13(12)15(18)17-14-9-6-10-16-11(14)2/h4-5,7-8,11,14,16H,3,6,9-10H2,1-2H3,(H,17,18). The first-order valence-electron chi connectivity index (χ1n) is 6.84. The largest absolute Gasteiger partial charge is 0.348 e. The molecule has 1 amide bonds. The molecule has 0 bridgehead atoms. The van der Waals surface area contributed by atoms with Crippen LogP contribution in [0.2, 0.25) is 0 Å². The summed E-state index contributed by atoms with van der Waals surface area (Å²) in [5.74, 6) is 0.0630. The van der Waals surface area contributed by atoms with Gasteiger partial charge < -0.3 is 10.6 Å². The van der Waals surface area contributed by atoms with Gasteiger partial charge in [-0.15, -0.1) is 0 Å². The Morgan fingerprint density at radius 3 is 2.94 bits per heavy atom. The van der Waals surface area contributed by atoms with E-state index >= 15 is 0 Å². The molecule has 1 heterocycles. The van der Waals surface area contributed by atoms with Gasteiger partial charge in [-0.3, -0.25) is 4.79 Å². The van der Waals surface area contributed by atoms with Crippen LogP contribution < -0.4 is 10.6 Å². The van der Waals surface area contributed by atoms with Crippen molar-refractivity contribution in [1.29, 1.82) is 0 Å². The van der Waals surface area contributed by atoms with Gasteiger partial charge in [0.1, 0.15) is 0 Å². The van der Waals surface area contributed by atoms with Crippen LogP contribution in [-0.4, -0.2) is 24.5 Å². The number of aryl methyl sites for hydroxylation is 1. The first kappa shape index (κ1) is 13.1. The summed E-state index contributed by atoms with van der Waals surface area (Å²) in [6.07, 6.45) is 3.08. The molecule has 3 nitrogen and oxygen atoms in total. The molecule has 1 aromatic carbocycles. The summed E-state index contributed by atoms with van der Waals surface area (Å²) in [6, 6.07) is 8.46. The molecule has 2 unspecified atom stereocenters. The Morgan fingerprint density at radius 2 is 2.22 bits per heavy atom. The Balaban J connectivity index is 2.07. The van der Waals surface area contributed by atoms with Crippen LogP contribution >= 0.6 is 0 Å².